The third-order valence-corrected chi connectivity index (χ3v) is 5.64. The maximum atomic E-state index is 12.5. The second kappa shape index (κ2) is 8.53. The molecule has 2 aliphatic heterocycles. The van der Waals surface area contributed by atoms with Crippen molar-refractivity contribution in [3.8, 4) is 11.5 Å². The summed E-state index contributed by atoms with van der Waals surface area (Å²) < 4.78 is 10.6. The molecule has 2 aromatic carbocycles. The second-order valence-electron chi connectivity index (χ2n) is 6.64. The maximum absolute atomic E-state index is 12.5. The zero-order valence-electron chi connectivity index (χ0n) is 15.2. The van der Waals surface area contributed by atoms with Gasteiger partial charge in [-0.05, 0) is 24.3 Å². The highest BCUT2D eigenvalue weighted by atomic mass is 32.2. The topological polar surface area (TPSA) is 88.7 Å². The summed E-state index contributed by atoms with van der Waals surface area (Å²) in [6.07, 6.45) is 0. The van der Waals surface area contributed by atoms with Crippen LogP contribution in [0.25, 0.3) is 0 Å². The van der Waals surface area contributed by atoms with E-state index in [1.54, 1.807) is 24.3 Å². The average molecular weight is 399 g/mol. The first-order valence-corrected chi connectivity index (χ1v) is 10.1. The highest BCUT2D eigenvalue weighted by Crippen LogP contribution is 2.34. The van der Waals surface area contributed by atoms with Gasteiger partial charge in [0.1, 0.15) is 0 Å². The summed E-state index contributed by atoms with van der Waals surface area (Å²) >= 11 is 1.34. The Morgan fingerprint density at radius 3 is 2.75 bits per heavy atom. The molecule has 3 N–H and O–H groups in total. The molecule has 1 fully saturated rings. The Hall–Kier alpha value is -2.71. The summed E-state index contributed by atoms with van der Waals surface area (Å²) in [6, 6.07) is 12.6. The third kappa shape index (κ3) is 4.40. The third-order valence-electron chi connectivity index (χ3n) is 4.56. The number of hydrogen-bond acceptors (Lipinski definition) is 6. The minimum atomic E-state index is -0.153. The van der Waals surface area contributed by atoms with E-state index in [0.717, 1.165) is 18.0 Å². The molecular formula is C20H21N3O4S. The fourth-order valence-electron chi connectivity index (χ4n) is 2.92. The van der Waals surface area contributed by atoms with Crippen LogP contribution >= 0.6 is 11.8 Å². The number of carbonyl (C=O) groups is 2. The molecule has 0 spiro atoms. The Morgan fingerprint density at radius 2 is 1.93 bits per heavy atom. The van der Waals surface area contributed by atoms with Crippen LogP contribution in [0.5, 0.6) is 11.5 Å². The van der Waals surface area contributed by atoms with E-state index in [-0.39, 0.29) is 24.4 Å². The SMILES string of the molecule is O=C(CSc1ccccc1C(=O)NCC1CNC1)Nc1ccc2c(c1)OCO2. The van der Waals surface area contributed by atoms with E-state index in [0.29, 0.717) is 35.2 Å². The van der Waals surface area contributed by atoms with Gasteiger partial charge in [0.05, 0.1) is 11.3 Å². The van der Waals surface area contributed by atoms with Crippen LogP contribution in [0.2, 0.25) is 0 Å². The van der Waals surface area contributed by atoms with Crippen LogP contribution in [0.1, 0.15) is 10.4 Å². The van der Waals surface area contributed by atoms with Crippen LogP contribution in [0.4, 0.5) is 5.69 Å². The normalized spacial score (nSPS) is 15.0. The van der Waals surface area contributed by atoms with E-state index in [2.05, 4.69) is 16.0 Å². The van der Waals surface area contributed by atoms with Crippen molar-refractivity contribution < 1.29 is 19.1 Å². The smallest absolute Gasteiger partial charge is 0.252 e. The highest BCUT2D eigenvalue weighted by molar-refractivity contribution is 8.00. The molecule has 0 aromatic heterocycles. The van der Waals surface area contributed by atoms with Gasteiger partial charge in [-0.3, -0.25) is 9.59 Å². The summed E-state index contributed by atoms with van der Waals surface area (Å²) in [5, 5.41) is 9.00. The molecular weight excluding hydrogens is 378 g/mol. The molecule has 146 valence electrons. The van der Waals surface area contributed by atoms with Gasteiger partial charge in [-0.1, -0.05) is 12.1 Å². The van der Waals surface area contributed by atoms with Crippen LogP contribution in [-0.4, -0.2) is 44.0 Å². The molecule has 0 radical (unpaired) electrons. The maximum Gasteiger partial charge on any atom is 0.252 e. The average Bonchev–Trinajstić information content (AvgIpc) is 3.13. The van der Waals surface area contributed by atoms with Crippen molar-refractivity contribution in [2.24, 2.45) is 5.92 Å². The Morgan fingerprint density at radius 1 is 1.11 bits per heavy atom. The van der Waals surface area contributed by atoms with E-state index in [1.165, 1.54) is 11.8 Å². The Balaban J connectivity index is 1.32. The lowest BCUT2D eigenvalue weighted by Gasteiger charge is -2.27. The Kier molecular flexibility index (Phi) is 5.68. The summed E-state index contributed by atoms with van der Waals surface area (Å²) in [4.78, 5) is 25.6. The lowest BCUT2D eigenvalue weighted by Crippen LogP contribution is -2.48. The summed E-state index contributed by atoms with van der Waals surface area (Å²) in [5.41, 5.74) is 1.24. The molecule has 0 saturated carbocycles. The van der Waals surface area contributed by atoms with Gasteiger partial charge in [-0.2, -0.15) is 0 Å². The molecule has 8 heteroatoms. The van der Waals surface area contributed by atoms with E-state index in [9.17, 15) is 9.59 Å². The van der Waals surface area contributed by atoms with Crippen LogP contribution < -0.4 is 25.4 Å². The number of ether oxygens (including phenoxy) is 2. The van der Waals surface area contributed by atoms with E-state index < -0.39 is 0 Å². The van der Waals surface area contributed by atoms with E-state index >= 15 is 0 Å². The number of hydrogen-bond donors (Lipinski definition) is 3. The van der Waals surface area contributed by atoms with Gasteiger partial charge < -0.3 is 25.4 Å². The van der Waals surface area contributed by atoms with Crippen molar-refractivity contribution >= 4 is 29.3 Å². The van der Waals surface area contributed by atoms with Gasteiger partial charge >= 0.3 is 0 Å². The van der Waals surface area contributed by atoms with Crippen molar-refractivity contribution in [3.63, 3.8) is 0 Å². The summed E-state index contributed by atoms with van der Waals surface area (Å²) in [7, 11) is 0. The minimum Gasteiger partial charge on any atom is -0.454 e. The zero-order valence-corrected chi connectivity index (χ0v) is 16.0. The molecule has 0 atom stereocenters. The van der Waals surface area contributed by atoms with Crippen LogP contribution in [-0.2, 0) is 4.79 Å². The van der Waals surface area contributed by atoms with Gasteiger partial charge in [0.15, 0.2) is 11.5 Å². The first-order valence-electron chi connectivity index (χ1n) is 9.09. The van der Waals surface area contributed by atoms with Crippen molar-refractivity contribution in [3.05, 3.63) is 48.0 Å². The van der Waals surface area contributed by atoms with Crippen molar-refractivity contribution in [1.82, 2.24) is 10.6 Å². The standard InChI is InChI=1S/C20H21N3O4S/c24-19(23-14-5-6-16-17(7-14)27-12-26-16)11-28-18-4-2-1-3-15(18)20(25)22-10-13-8-21-9-13/h1-7,13,21H,8-12H2,(H,22,25)(H,23,24). The fraction of sp³-hybridized carbons (Fsp3) is 0.300. The van der Waals surface area contributed by atoms with Gasteiger partial charge in [0, 0.05) is 42.2 Å². The molecule has 0 aliphatic carbocycles. The van der Waals surface area contributed by atoms with Gasteiger partial charge in [0.2, 0.25) is 12.7 Å². The van der Waals surface area contributed by atoms with E-state index in [1.807, 2.05) is 18.2 Å². The number of fused-ring (bicyclic) bond motifs is 1. The minimum absolute atomic E-state index is 0.105. The number of anilines is 1. The first-order chi connectivity index (χ1) is 13.7. The monoisotopic (exact) mass is 399 g/mol. The van der Waals surface area contributed by atoms with Crippen LogP contribution in [0.15, 0.2) is 47.4 Å². The zero-order chi connectivity index (χ0) is 19.3. The number of nitrogens with one attached hydrogen (secondary N) is 3. The molecule has 2 amide bonds. The fourth-order valence-corrected chi connectivity index (χ4v) is 3.77. The summed E-state index contributed by atoms with van der Waals surface area (Å²) in [5.74, 6) is 1.73. The predicted molar refractivity (Wildman–Crippen MR) is 107 cm³/mol. The first kappa shape index (κ1) is 18.6. The number of benzene rings is 2. The molecule has 2 aliphatic rings. The van der Waals surface area contributed by atoms with E-state index in [4.69, 9.17) is 9.47 Å². The van der Waals surface area contributed by atoms with Gasteiger partial charge in [-0.25, -0.2) is 0 Å². The highest BCUT2D eigenvalue weighted by Gasteiger charge is 2.19. The quantitative estimate of drug-likeness (QED) is 0.618. The molecule has 7 nitrogen and oxygen atoms in total. The van der Waals surface area contributed by atoms with Gasteiger partial charge in [-0.15, -0.1) is 11.8 Å². The molecule has 2 aromatic rings. The largest absolute Gasteiger partial charge is 0.454 e. The molecule has 2 heterocycles. The Labute approximate surface area is 167 Å². The number of carbonyl (C=O) groups excluding carboxylic acids is 2. The number of amides is 2. The molecule has 28 heavy (non-hydrogen) atoms. The van der Waals surface area contributed by atoms with Gasteiger partial charge in [0.25, 0.3) is 5.91 Å². The van der Waals surface area contributed by atoms with Crippen LogP contribution in [0.3, 0.4) is 0 Å². The Bertz CT molecular complexity index is 886. The molecule has 4 rings (SSSR count). The summed E-state index contributed by atoms with van der Waals surface area (Å²) in [6.45, 7) is 2.74. The second-order valence-corrected chi connectivity index (χ2v) is 7.65. The van der Waals surface area contributed by atoms with Crippen LogP contribution in [0, 0.1) is 5.92 Å². The molecule has 0 unspecified atom stereocenters. The predicted octanol–water partition coefficient (Wildman–Crippen LogP) is 2.10. The molecule has 0 bridgehead atoms. The van der Waals surface area contributed by atoms with Crippen molar-refractivity contribution in [1.29, 1.82) is 0 Å². The lowest BCUT2D eigenvalue weighted by atomic mass is 10.0. The van der Waals surface area contributed by atoms with Crippen molar-refractivity contribution in [2.45, 2.75) is 4.90 Å². The number of rotatable bonds is 7. The van der Waals surface area contributed by atoms with Crippen molar-refractivity contribution in [2.75, 3.05) is 37.5 Å². The molecule has 1 saturated heterocycles. The lowest BCUT2D eigenvalue weighted by molar-refractivity contribution is -0.113. The number of thioether (sulfide) groups is 1.